The molecule has 1 fully saturated rings. The van der Waals surface area contributed by atoms with Gasteiger partial charge < -0.3 is 5.73 Å². The van der Waals surface area contributed by atoms with Gasteiger partial charge in [0.25, 0.3) is 0 Å². The van der Waals surface area contributed by atoms with Gasteiger partial charge in [-0.3, -0.25) is 0 Å². The lowest BCUT2D eigenvalue weighted by Gasteiger charge is -2.03. The van der Waals surface area contributed by atoms with E-state index in [-0.39, 0.29) is 6.04 Å². The van der Waals surface area contributed by atoms with Crippen LogP contribution in [0.2, 0.25) is 0 Å². The molecule has 72 valence electrons. The molecule has 2 nitrogen and oxygen atoms in total. The fraction of sp³-hybridized carbons (Fsp3) is 0.417. The van der Waals surface area contributed by atoms with Crippen LogP contribution in [0.4, 0.5) is 0 Å². The maximum Gasteiger partial charge on any atom is 0.0991 e. The molecule has 1 aromatic rings. The van der Waals surface area contributed by atoms with E-state index in [1.54, 1.807) is 0 Å². The molecule has 1 aliphatic carbocycles. The molecule has 2 heteroatoms. The van der Waals surface area contributed by atoms with E-state index in [1.807, 2.05) is 18.2 Å². The van der Waals surface area contributed by atoms with Gasteiger partial charge in [0.15, 0.2) is 0 Å². The summed E-state index contributed by atoms with van der Waals surface area (Å²) in [6.45, 7) is 2.05. The van der Waals surface area contributed by atoms with Gasteiger partial charge in [0.1, 0.15) is 0 Å². The van der Waals surface area contributed by atoms with Crippen molar-refractivity contribution < 1.29 is 0 Å². The number of benzene rings is 1. The highest BCUT2D eigenvalue weighted by atomic mass is 14.7. The second-order valence-corrected chi connectivity index (χ2v) is 4.10. The fourth-order valence-electron chi connectivity index (χ4n) is 2.02. The second-order valence-electron chi connectivity index (χ2n) is 4.10. The first kappa shape index (κ1) is 9.23. The maximum absolute atomic E-state index is 8.76. The van der Waals surface area contributed by atoms with E-state index in [9.17, 15) is 0 Å². The molecule has 0 aromatic heterocycles. The fourth-order valence-corrected chi connectivity index (χ4v) is 2.02. The molecule has 3 atom stereocenters. The Morgan fingerprint density at radius 1 is 1.57 bits per heavy atom. The number of hydrogen-bond acceptors (Lipinski definition) is 2. The molecule has 0 bridgehead atoms. The summed E-state index contributed by atoms with van der Waals surface area (Å²) in [7, 11) is 0. The van der Waals surface area contributed by atoms with Gasteiger partial charge in [-0.25, -0.2) is 0 Å². The monoisotopic (exact) mass is 186 g/mol. The van der Waals surface area contributed by atoms with Crippen molar-refractivity contribution in [2.45, 2.75) is 25.3 Å². The van der Waals surface area contributed by atoms with Crippen LogP contribution < -0.4 is 5.73 Å². The Kier molecular flexibility index (Phi) is 2.26. The van der Waals surface area contributed by atoms with Crippen molar-refractivity contribution in [1.29, 1.82) is 5.26 Å². The normalized spacial score (nSPS) is 26.6. The number of nitriles is 1. The molecule has 2 rings (SSSR count). The molecule has 0 amide bonds. The van der Waals surface area contributed by atoms with Crippen LogP contribution in [0.5, 0.6) is 0 Å². The number of hydrogen-bond donors (Lipinski definition) is 1. The third-order valence-electron chi connectivity index (χ3n) is 2.96. The van der Waals surface area contributed by atoms with Crippen molar-refractivity contribution in [2.75, 3.05) is 0 Å². The third-order valence-corrected chi connectivity index (χ3v) is 2.96. The average Bonchev–Trinajstić information content (AvgIpc) is 2.97. The Hall–Kier alpha value is -1.33. The van der Waals surface area contributed by atoms with Crippen molar-refractivity contribution in [3.8, 4) is 6.07 Å². The Balaban J connectivity index is 2.16. The summed E-state index contributed by atoms with van der Waals surface area (Å²) >= 11 is 0. The highest BCUT2D eigenvalue weighted by Gasteiger charge is 2.40. The first-order chi connectivity index (χ1) is 6.72. The lowest BCUT2D eigenvalue weighted by Crippen LogP contribution is -2.17. The first-order valence-electron chi connectivity index (χ1n) is 4.98. The van der Waals surface area contributed by atoms with Gasteiger partial charge in [-0.05, 0) is 42.9 Å². The zero-order valence-corrected chi connectivity index (χ0v) is 8.27. The zero-order chi connectivity index (χ0) is 10.1. The molecule has 0 saturated heterocycles. The Labute approximate surface area is 84.3 Å². The molecular formula is C12H14N2. The van der Waals surface area contributed by atoms with E-state index in [0.29, 0.717) is 11.8 Å². The predicted octanol–water partition coefficient (Wildman–Crippen LogP) is 2.01. The van der Waals surface area contributed by atoms with Gasteiger partial charge in [0.05, 0.1) is 11.6 Å². The van der Waals surface area contributed by atoms with Crippen molar-refractivity contribution in [3.63, 3.8) is 0 Å². The maximum atomic E-state index is 8.76. The Morgan fingerprint density at radius 3 is 2.93 bits per heavy atom. The van der Waals surface area contributed by atoms with Gasteiger partial charge in [-0.15, -0.1) is 0 Å². The molecule has 0 spiro atoms. The van der Waals surface area contributed by atoms with Crippen LogP contribution in [0, 0.1) is 17.2 Å². The van der Waals surface area contributed by atoms with Crippen LogP contribution in [-0.2, 0) is 0 Å². The summed E-state index contributed by atoms with van der Waals surface area (Å²) in [5, 5.41) is 8.76. The number of nitrogens with two attached hydrogens (primary N) is 1. The molecule has 14 heavy (non-hydrogen) atoms. The summed E-state index contributed by atoms with van der Waals surface area (Å²) in [5.41, 5.74) is 7.85. The third kappa shape index (κ3) is 1.64. The smallest absolute Gasteiger partial charge is 0.0991 e. The first-order valence-corrected chi connectivity index (χ1v) is 4.98. The lowest BCUT2D eigenvalue weighted by molar-refractivity contribution is 0.631. The van der Waals surface area contributed by atoms with Crippen LogP contribution in [0.15, 0.2) is 24.3 Å². The summed E-state index contributed by atoms with van der Waals surface area (Å²) in [6.07, 6.45) is 1.17. The molecule has 3 unspecified atom stereocenters. The molecule has 0 aliphatic heterocycles. The largest absolute Gasteiger partial charge is 0.328 e. The Morgan fingerprint density at radius 2 is 2.36 bits per heavy atom. The molecular weight excluding hydrogens is 172 g/mol. The average molecular weight is 186 g/mol. The topological polar surface area (TPSA) is 49.8 Å². The minimum absolute atomic E-state index is 0.269. The van der Waals surface area contributed by atoms with Crippen molar-refractivity contribution >= 4 is 0 Å². The van der Waals surface area contributed by atoms with Crippen LogP contribution in [-0.4, -0.2) is 6.04 Å². The highest BCUT2D eigenvalue weighted by Crippen LogP contribution is 2.48. The SMILES string of the molecule is CC(N)C1CC1c1cccc(C#N)c1. The van der Waals surface area contributed by atoms with E-state index < -0.39 is 0 Å². The van der Waals surface area contributed by atoms with Crippen LogP contribution in [0.1, 0.15) is 30.4 Å². The predicted molar refractivity (Wildman–Crippen MR) is 55.7 cm³/mol. The minimum atomic E-state index is 0.269. The van der Waals surface area contributed by atoms with E-state index in [4.69, 9.17) is 11.0 Å². The van der Waals surface area contributed by atoms with Gasteiger partial charge in [0, 0.05) is 6.04 Å². The molecule has 0 radical (unpaired) electrons. The molecule has 0 heterocycles. The molecule has 1 aliphatic rings. The lowest BCUT2D eigenvalue weighted by atomic mass is 10.0. The molecule has 1 saturated carbocycles. The zero-order valence-electron chi connectivity index (χ0n) is 8.27. The highest BCUT2D eigenvalue weighted by molar-refractivity contribution is 5.36. The molecule has 2 N–H and O–H groups in total. The van der Waals surface area contributed by atoms with E-state index in [1.165, 1.54) is 12.0 Å². The van der Waals surface area contributed by atoms with E-state index in [0.717, 1.165) is 5.56 Å². The van der Waals surface area contributed by atoms with Gasteiger partial charge in [-0.2, -0.15) is 5.26 Å². The summed E-state index contributed by atoms with van der Waals surface area (Å²) < 4.78 is 0. The number of nitrogens with zero attached hydrogens (tertiary/aromatic N) is 1. The van der Waals surface area contributed by atoms with Crippen molar-refractivity contribution in [1.82, 2.24) is 0 Å². The second kappa shape index (κ2) is 3.43. The quantitative estimate of drug-likeness (QED) is 0.768. The van der Waals surface area contributed by atoms with Gasteiger partial charge in [0.2, 0.25) is 0 Å². The van der Waals surface area contributed by atoms with E-state index >= 15 is 0 Å². The number of rotatable bonds is 2. The summed E-state index contributed by atoms with van der Waals surface area (Å²) in [6, 6.07) is 10.3. The molecule has 1 aromatic carbocycles. The summed E-state index contributed by atoms with van der Waals surface area (Å²) in [5.74, 6) is 1.20. The van der Waals surface area contributed by atoms with Crippen LogP contribution in [0.3, 0.4) is 0 Å². The van der Waals surface area contributed by atoms with Crippen molar-refractivity contribution in [3.05, 3.63) is 35.4 Å². The van der Waals surface area contributed by atoms with Crippen molar-refractivity contribution in [2.24, 2.45) is 11.7 Å². The standard InChI is InChI=1S/C12H14N2/c1-8(14)11-6-12(11)10-4-2-3-9(5-10)7-13/h2-5,8,11-12H,6,14H2,1H3. The van der Waals surface area contributed by atoms with Crippen LogP contribution in [0.25, 0.3) is 0 Å². The summed E-state index contributed by atoms with van der Waals surface area (Å²) in [4.78, 5) is 0. The Bertz CT molecular complexity index is 376. The van der Waals surface area contributed by atoms with Gasteiger partial charge >= 0.3 is 0 Å². The van der Waals surface area contributed by atoms with E-state index in [2.05, 4.69) is 19.1 Å². The van der Waals surface area contributed by atoms with Gasteiger partial charge in [-0.1, -0.05) is 12.1 Å². The minimum Gasteiger partial charge on any atom is -0.328 e. The van der Waals surface area contributed by atoms with Crippen LogP contribution >= 0.6 is 0 Å².